The summed E-state index contributed by atoms with van der Waals surface area (Å²) < 4.78 is 13.8. The molecular weight excluding hydrogens is 401 g/mol. The summed E-state index contributed by atoms with van der Waals surface area (Å²) in [5, 5.41) is 4.25. The number of anilines is 1. The Kier molecular flexibility index (Phi) is 5.74. The Morgan fingerprint density at radius 3 is 2.67 bits per heavy atom. The molecule has 0 saturated heterocycles. The van der Waals surface area contributed by atoms with Gasteiger partial charge in [0.05, 0.1) is 17.4 Å². The van der Waals surface area contributed by atoms with Crippen molar-refractivity contribution >= 4 is 34.1 Å². The van der Waals surface area contributed by atoms with E-state index >= 15 is 0 Å². The third kappa shape index (κ3) is 4.17. The van der Waals surface area contributed by atoms with E-state index in [0.717, 1.165) is 42.1 Å². The van der Waals surface area contributed by atoms with Gasteiger partial charge in [-0.05, 0) is 79.0 Å². The van der Waals surface area contributed by atoms with Crippen molar-refractivity contribution in [1.82, 2.24) is 9.97 Å². The van der Waals surface area contributed by atoms with Crippen LogP contribution in [0, 0.1) is 17.2 Å². The van der Waals surface area contributed by atoms with Crippen LogP contribution in [-0.2, 0) is 4.79 Å². The molecule has 4 nitrogen and oxygen atoms in total. The minimum absolute atomic E-state index is 0.00324. The lowest BCUT2D eigenvalue weighted by atomic mass is 9.64. The van der Waals surface area contributed by atoms with Crippen LogP contribution in [0.5, 0.6) is 0 Å². The SMILES string of the molecule is C[C@H](C(=O)Nc1ccc(Cl)nc1)C1(C)CCC(c2ccnc3ccc(F)cc23)CC1. The van der Waals surface area contributed by atoms with Crippen LogP contribution in [0.1, 0.15) is 51.0 Å². The van der Waals surface area contributed by atoms with Crippen molar-refractivity contribution in [2.24, 2.45) is 11.3 Å². The summed E-state index contributed by atoms with van der Waals surface area (Å²) in [6, 6.07) is 10.2. The van der Waals surface area contributed by atoms with Crippen molar-refractivity contribution < 1.29 is 9.18 Å². The number of aromatic nitrogens is 2. The standard InChI is InChI=1S/C24H25ClFN3O/c1-15(23(30)29-18-4-6-22(25)28-14-18)24(2)10-7-16(8-11-24)19-9-12-27-21-5-3-17(26)13-20(19)21/h3-6,9,12-16H,7-8,10-11H2,1-2H3,(H,29,30)/t15-,16?,24?/m1/s1. The first-order valence-electron chi connectivity index (χ1n) is 10.3. The molecule has 1 saturated carbocycles. The smallest absolute Gasteiger partial charge is 0.227 e. The summed E-state index contributed by atoms with van der Waals surface area (Å²) in [6.07, 6.45) is 7.17. The van der Waals surface area contributed by atoms with Crippen molar-refractivity contribution in [3.05, 3.63) is 65.3 Å². The van der Waals surface area contributed by atoms with Gasteiger partial charge in [0, 0.05) is 17.5 Å². The van der Waals surface area contributed by atoms with Gasteiger partial charge >= 0.3 is 0 Å². The van der Waals surface area contributed by atoms with Gasteiger partial charge in [-0.2, -0.15) is 0 Å². The Labute approximate surface area is 180 Å². The maximum Gasteiger partial charge on any atom is 0.227 e. The van der Waals surface area contributed by atoms with Crippen LogP contribution in [-0.4, -0.2) is 15.9 Å². The van der Waals surface area contributed by atoms with E-state index in [1.54, 1.807) is 36.7 Å². The average Bonchev–Trinajstić information content (AvgIpc) is 2.75. The van der Waals surface area contributed by atoms with Crippen LogP contribution >= 0.6 is 11.6 Å². The molecule has 1 aromatic carbocycles. The molecule has 6 heteroatoms. The molecule has 0 unspecified atom stereocenters. The number of hydrogen-bond acceptors (Lipinski definition) is 3. The summed E-state index contributed by atoms with van der Waals surface area (Å²) >= 11 is 5.82. The van der Waals surface area contributed by atoms with E-state index in [-0.39, 0.29) is 23.1 Å². The summed E-state index contributed by atoms with van der Waals surface area (Å²) in [4.78, 5) is 21.2. The highest BCUT2D eigenvalue weighted by Gasteiger charge is 2.39. The fourth-order valence-electron chi connectivity index (χ4n) is 4.53. The molecule has 0 radical (unpaired) electrons. The summed E-state index contributed by atoms with van der Waals surface area (Å²) in [5.41, 5.74) is 2.55. The fraction of sp³-hybridized carbons (Fsp3) is 0.375. The minimum Gasteiger partial charge on any atom is -0.324 e. The number of benzene rings is 1. The van der Waals surface area contributed by atoms with Gasteiger partial charge in [0.25, 0.3) is 0 Å². The zero-order valence-electron chi connectivity index (χ0n) is 17.2. The Morgan fingerprint density at radius 1 is 1.20 bits per heavy atom. The van der Waals surface area contributed by atoms with Gasteiger partial charge in [-0.25, -0.2) is 9.37 Å². The Balaban J connectivity index is 1.46. The van der Waals surface area contributed by atoms with Gasteiger partial charge in [0.2, 0.25) is 5.91 Å². The molecule has 1 aliphatic carbocycles. The van der Waals surface area contributed by atoms with Crippen LogP contribution in [0.15, 0.2) is 48.8 Å². The number of amides is 1. The van der Waals surface area contributed by atoms with Crippen LogP contribution in [0.2, 0.25) is 5.15 Å². The molecule has 0 spiro atoms. The summed E-state index contributed by atoms with van der Waals surface area (Å²) in [6.45, 7) is 4.19. The first kappa shape index (κ1) is 20.7. The molecule has 1 amide bonds. The van der Waals surface area contributed by atoms with E-state index in [2.05, 4.69) is 22.2 Å². The number of nitrogens with zero attached hydrogens (tertiary/aromatic N) is 2. The molecule has 30 heavy (non-hydrogen) atoms. The largest absolute Gasteiger partial charge is 0.324 e. The van der Waals surface area contributed by atoms with Crippen molar-refractivity contribution in [3.63, 3.8) is 0 Å². The highest BCUT2D eigenvalue weighted by Crippen LogP contribution is 2.48. The van der Waals surface area contributed by atoms with E-state index in [4.69, 9.17) is 11.6 Å². The first-order chi connectivity index (χ1) is 14.4. The summed E-state index contributed by atoms with van der Waals surface area (Å²) in [5.74, 6) is -0.0299. The quantitative estimate of drug-likeness (QED) is 0.494. The van der Waals surface area contributed by atoms with Crippen LogP contribution in [0.25, 0.3) is 10.9 Å². The van der Waals surface area contributed by atoms with E-state index in [1.165, 1.54) is 6.07 Å². The number of rotatable bonds is 4. The van der Waals surface area contributed by atoms with Gasteiger partial charge in [0.15, 0.2) is 0 Å². The van der Waals surface area contributed by atoms with E-state index in [9.17, 15) is 9.18 Å². The van der Waals surface area contributed by atoms with Gasteiger partial charge < -0.3 is 5.32 Å². The molecule has 1 aliphatic rings. The third-order valence-corrected chi connectivity index (χ3v) is 6.96. The molecule has 2 aromatic heterocycles. The number of carbonyl (C=O) groups excluding carboxylic acids is 1. The molecule has 1 fully saturated rings. The molecule has 1 N–H and O–H groups in total. The highest BCUT2D eigenvalue weighted by atomic mass is 35.5. The minimum atomic E-state index is -0.237. The van der Waals surface area contributed by atoms with E-state index in [0.29, 0.717) is 16.8 Å². The zero-order chi connectivity index (χ0) is 21.3. The van der Waals surface area contributed by atoms with Crippen LogP contribution in [0.3, 0.4) is 0 Å². The Morgan fingerprint density at radius 2 is 1.97 bits per heavy atom. The van der Waals surface area contributed by atoms with Gasteiger partial charge in [-0.1, -0.05) is 25.4 Å². The topological polar surface area (TPSA) is 54.9 Å². The molecule has 0 aliphatic heterocycles. The van der Waals surface area contributed by atoms with Gasteiger partial charge in [-0.15, -0.1) is 0 Å². The monoisotopic (exact) mass is 425 g/mol. The van der Waals surface area contributed by atoms with Crippen LogP contribution < -0.4 is 5.32 Å². The lowest BCUT2D eigenvalue weighted by molar-refractivity contribution is -0.123. The van der Waals surface area contributed by atoms with Crippen molar-refractivity contribution in [1.29, 1.82) is 0 Å². The second-order valence-electron chi connectivity index (χ2n) is 8.57. The molecule has 1 atom stereocenters. The molecule has 2 heterocycles. The van der Waals surface area contributed by atoms with Crippen molar-refractivity contribution in [2.45, 2.75) is 45.4 Å². The second kappa shape index (κ2) is 8.31. The number of fused-ring (bicyclic) bond motifs is 1. The second-order valence-corrected chi connectivity index (χ2v) is 8.96. The molecule has 3 aromatic rings. The van der Waals surface area contributed by atoms with Crippen molar-refractivity contribution in [3.8, 4) is 0 Å². The maximum absolute atomic E-state index is 13.8. The maximum atomic E-state index is 13.8. The number of pyridine rings is 2. The Hall–Kier alpha value is -2.53. The number of hydrogen-bond donors (Lipinski definition) is 1. The van der Waals surface area contributed by atoms with E-state index in [1.807, 2.05) is 13.0 Å². The fourth-order valence-corrected chi connectivity index (χ4v) is 4.65. The van der Waals surface area contributed by atoms with Crippen molar-refractivity contribution in [2.75, 3.05) is 5.32 Å². The molecule has 4 rings (SSSR count). The average molecular weight is 426 g/mol. The number of carbonyl (C=O) groups is 1. The molecular formula is C24H25ClFN3O. The molecule has 156 valence electrons. The number of nitrogens with one attached hydrogen (secondary N) is 1. The lowest BCUT2D eigenvalue weighted by Crippen LogP contribution is -2.37. The predicted octanol–water partition coefficient (Wildman–Crippen LogP) is 6.36. The van der Waals surface area contributed by atoms with Gasteiger partial charge in [0.1, 0.15) is 11.0 Å². The molecule has 0 bridgehead atoms. The van der Waals surface area contributed by atoms with Gasteiger partial charge in [-0.3, -0.25) is 9.78 Å². The zero-order valence-corrected chi connectivity index (χ0v) is 17.9. The highest BCUT2D eigenvalue weighted by molar-refractivity contribution is 6.29. The lowest BCUT2D eigenvalue weighted by Gasteiger charge is -2.41. The number of halogens is 2. The third-order valence-electron chi connectivity index (χ3n) is 6.74. The first-order valence-corrected chi connectivity index (χ1v) is 10.7. The normalized spacial score (nSPS) is 22.6. The van der Waals surface area contributed by atoms with Crippen LogP contribution in [0.4, 0.5) is 10.1 Å². The predicted molar refractivity (Wildman–Crippen MR) is 118 cm³/mol. The van der Waals surface area contributed by atoms with E-state index < -0.39 is 0 Å². The Bertz CT molecular complexity index is 1060. The summed E-state index contributed by atoms with van der Waals surface area (Å²) in [7, 11) is 0.